The first-order valence-electron chi connectivity index (χ1n) is 9.94. The summed E-state index contributed by atoms with van der Waals surface area (Å²) < 4.78 is 9.98. The SMILES string of the molecule is CCOC(=O)Oc1ccc(CC2C(C)=C(C)CCN2Cc2ccccc2)cc1. The van der Waals surface area contributed by atoms with Crippen molar-refractivity contribution in [1.82, 2.24) is 4.90 Å². The molecular weight excluding hydrogens is 350 g/mol. The number of ether oxygens (including phenoxy) is 2. The van der Waals surface area contributed by atoms with Crippen LogP contribution in [0.1, 0.15) is 38.3 Å². The zero-order valence-corrected chi connectivity index (χ0v) is 17.0. The molecule has 1 atom stereocenters. The summed E-state index contributed by atoms with van der Waals surface area (Å²) in [4.78, 5) is 14.0. The average Bonchev–Trinajstić information content (AvgIpc) is 2.70. The fourth-order valence-electron chi connectivity index (χ4n) is 3.67. The first kappa shape index (κ1) is 20.2. The Labute approximate surface area is 167 Å². The highest BCUT2D eigenvalue weighted by atomic mass is 16.7. The highest BCUT2D eigenvalue weighted by Gasteiger charge is 2.26. The van der Waals surface area contributed by atoms with Crippen molar-refractivity contribution in [3.63, 3.8) is 0 Å². The largest absolute Gasteiger partial charge is 0.513 e. The molecule has 0 fully saturated rings. The monoisotopic (exact) mass is 379 g/mol. The Hall–Kier alpha value is -2.59. The van der Waals surface area contributed by atoms with Gasteiger partial charge < -0.3 is 9.47 Å². The number of carbonyl (C=O) groups is 1. The standard InChI is InChI=1S/C24H29NO3/c1-4-27-24(26)28-22-12-10-20(11-13-22)16-23-19(3)18(2)14-15-25(23)17-21-8-6-5-7-9-21/h5-13,23H,4,14-17H2,1-3H3. The van der Waals surface area contributed by atoms with Crippen molar-refractivity contribution < 1.29 is 14.3 Å². The number of hydrogen-bond donors (Lipinski definition) is 0. The van der Waals surface area contributed by atoms with E-state index in [4.69, 9.17) is 9.47 Å². The lowest BCUT2D eigenvalue weighted by atomic mass is 9.90. The number of carbonyl (C=O) groups excluding carboxylic acids is 1. The molecule has 4 heteroatoms. The summed E-state index contributed by atoms with van der Waals surface area (Å²) in [6.07, 6.45) is 1.41. The molecule has 0 saturated heterocycles. The molecule has 2 aromatic carbocycles. The van der Waals surface area contributed by atoms with E-state index < -0.39 is 6.16 Å². The Balaban J connectivity index is 1.71. The summed E-state index contributed by atoms with van der Waals surface area (Å²) in [5.74, 6) is 0.510. The Kier molecular flexibility index (Phi) is 6.88. The van der Waals surface area contributed by atoms with Gasteiger partial charge in [-0.3, -0.25) is 4.90 Å². The summed E-state index contributed by atoms with van der Waals surface area (Å²) in [6.45, 7) is 8.61. The van der Waals surface area contributed by atoms with E-state index in [1.54, 1.807) is 6.92 Å². The lowest BCUT2D eigenvalue weighted by Gasteiger charge is -2.37. The number of hydrogen-bond acceptors (Lipinski definition) is 4. The van der Waals surface area contributed by atoms with E-state index >= 15 is 0 Å². The van der Waals surface area contributed by atoms with Gasteiger partial charge in [0.2, 0.25) is 0 Å². The molecule has 28 heavy (non-hydrogen) atoms. The van der Waals surface area contributed by atoms with Crippen molar-refractivity contribution in [3.05, 3.63) is 76.9 Å². The molecule has 4 nitrogen and oxygen atoms in total. The topological polar surface area (TPSA) is 38.8 Å². The van der Waals surface area contributed by atoms with E-state index in [2.05, 4.69) is 49.1 Å². The number of rotatable bonds is 6. The first-order chi connectivity index (χ1) is 13.6. The van der Waals surface area contributed by atoms with E-state index in [0.29, 0.717) is 18.4 Å². The number of nitrogens with zero attached hydrogens (tertiary/aromatic N) is 1. The highest BCUT2D eigenvalue weighted by molar-refractivity contribution is 5.63. The van der Waals surface area contributed by atoms with Gasteiger partial charge in [-0.2, -0.15) is 0 Å². The van der Waals surface area contributed by atoms with Gasteiger partial charge in [-0.1, -0.05) is 53.6 Å². The van der Waals surface area contributed by atoms with Crippen LogP contribution in [-0.2, 0) is 17.7 Å². The Morgan fingerprint density at radius 1 is 1.04 bits per heavy atom. The van der Waals surface area contributed by atoms with Gasteiger partial charge in [-0.25, -0.2) is 4.79 Å². The molecule has 0 amide bonds. The molecule has 0 N–H and O–H groups in total. The molecule has 0 aromatic heterocycles. The fourth-order valence-corrected chi connectivity index (χ4v) is 3.67. The lowest BCUT2D eigenvalue weighted by molar-refractivity contribution is 0.104. The molecule has 0 bridgehead atoms. The molecule has 3 rings (SSSR count). The maximum absolute atomic E-state index is 11.5. The van der Waals surface area contributed by atoms with E-state index in [-0.39, 0.29) is 0 Å². The van der Waals surface area contributed by atoms with Crippen molar-refractivity contribution in [1.29, 1.82) is 0 Å². The third kappa shape index (κ3) is 5.23. The van der Waals surface area contributed by atoms with Gasteiger partial charge in [0.05, 0.1) is 6.61 Å². The van der Waals surface area contributed by atoms with Gasteiger partial charge >= 0.3 is 6.16 Å². The molecule has 0 radical (unpaired) electrons. The van der Waals surface area contributed by atoms with E-state index in [0.717, 1.165) is 25.9 Å². The van der Waals surface area contributed by atoms with E-state index in [1.807, 2.05) is 24.3 Å². The Morgan fingerprint density at radius 2 is 1.75 bits per heavy atom. The summed E-state index contributed by atoms with van der Waals surface area (Å²) in [7, 11) is 0. The van der Waals surface area contributed by atoms with Gasteiger partial charge in [0.1, 0.15) is 5.75 Å². The van der Waals surface area contributed by atoms with Gasteiger partial charge in [0, 0.05) is 19.1 Å². The predicted octanol–water partition coefficient (Wildman–Crippen LogP) is 5.38. The van der Waals surface area contributed by atoms with E-state index in [9.17, 15) is 4.79 Å². The van der Waals surface area contributed by atoms with Crippen LogP contribution in [0.4, 0.5) is 4.79 Å². The minimum atomic E-state index is -0.661. The molecule has 1 aliphatic rings. The fraction of sp³-hybridized carbons (Fsp3) is 0.375. The summed E-state index contributed by atoms with van der Waals surface area (Å²) >= 11 is 0. The maximum atomic E-state index is 11.5. The van der Waals surface area contributed by atoms with Crippen LogP contribution in [-0.4, -0.2) is 30.2 Å². The minimum absolute atomic E-state index is 0.306. The van der Waals surface area contributed by atoms with Crippen molar-refractivity contribution in [2.24, 2.45) is 0 Å². The second-order valence-electron chi connectivity index (χ2n) is 7.32. The molecule has 2 aromatic rings. The molecule has 1 heterocycles. The quantitative estimate of drug-likeness (QED) is 0.384. The number of benzene rings is 2. The Morgan fingerprint density at radius 3 is 2.43 bits per heavy atom. The molecule has 1 aliphatic heterocycles. The van der Waals surface area contributed by atoms with Crippen LogP contribution in [0.3, 0.4) is 0 Å². The Bertz CT molecular complexity index is 812. The summed E-state index contributed by atoms with van der Waals surface area (Å²) in [5, 5.41) is 0. The second kappa shape index (κ2) is 9.56. The minimum Gasteiger partial charge on any atom is -0.434 e. The molecular formula is C24H29NO3. The van der Waals surface area contributed by atoms with Gasteiger partial charge in [0.25, 0.3) is 0 Å². The normalized spacial score (nSPS) is 17.5. The molecule has 1 unspecified atom stereocenters. The van der Waals surface area contributed by atoms with Crippen molar-refractivity contribution in [3.8, 4) is 5.75 Å². The first-order valence-corrected chi connectivity index (χ1v) is 9.94. The van der Waals surface area contributed by atoms with Crippen LogP contribution in [0, 0.1) is 0 Å². The van der Waals surface area contributed by atoms with Crippen molar-refractivity contribution >= 4 is 6.16 Å². The third-order valence-corrected chi connectivity index (χ3v) is 5.43. The molecule has 0 aliphatic carbocycles. The van der Waals surface area contributed by atoms with Crippen molar-refractivity contribution in [2.75, 3.05) is 13.2 Å². The van der Waals surface area contributed by atoms with Crippen molar-refractivity contribution in [2.45, 2.75) is 46.2 Å². The van der Waals surface area contributed by atoms with Crippen LogP contribution in [0.2, 0.25) is 0 Å². The zero-order valence-electron chi connectivity index (χ0n) is 17.0. The maximum Gasteiger partial charge on any atom is 0.513 e. The smallest absolute Gasteiger partial charge is 0.434 e. The van der Waals surface area contributed by atoms with Gasteiger partial charge in [-0.05, 0) is 56.9 Å². The second-order valence-corrected chi connectivity index (χ2v) is 7.32. The zero-order chi connectivity index (χ0) is 19.9. The third-order valence-electron chi connectivity index (χ3n) is 5.43. The molecule has 148 valence electrons. The van der Waals surface area contributed by atoms with E-state index in [1.165, 1.54) is 22.3 Å². The summed E-state index contributed by atoms with van der Waals surface area (Å²) in [6, 6.07) is 18.8. The predicted molar refractivity (Wildman–Crippen MR) is 111 cm³/mol. The molecule has 0 spiro atoms. The van der Waals surface area contributed by atoms with Gasteiger partial charge in [0.15, 0.2) is 0 Å². The lowest BCUT2D eigenvalue weighted by Crippen LogP contribution is -2.41. The van der Waals surface area contributed by atoms with Crippen LogP contribution in [0.5, 0.6) is 5.75 Å². The molecule has 0 saturated carbocycles. The summed E-state index contributed by atoms with van der Waals surface area (Å²) in [5.41, 5.74) is 5.54. The average molecular weight is 380 g/mol. The van der Waals surface area contributed by atoms with Crippen LogP contribution in [0.15, 0.2) is 65.7 Å². The van der Waals surface area contributed by atoms with Crippen LogP contribution >= 0.6 is 0 Å². The van der Waals surface area contributed by atoms with Crippen LogP contribution in [0.25, 0.3) is 0 Å². The van der Waals surface area contributed by atoms with Crippen LogP contribution < -0.4 is 4.74 Å². The van der Waals surface area contributed by atoms with Gasteiger partial charge in [-0.15, -0.1) is 0 Å². The highest BCUT2D eigenvalue weighted by Crippen LogP contribution is 2.28.